The van der Waals surface area contributed by atoms with Gasteiger partial charge >= 0.3 is 0 Å². The standard InChI is InChI=1S/C19H17F2NO3/c20-16-8-13(24)9-17(21)18(16)15-10-22-19(25)14(15)7-12(23)6-11-4-2-1-3-5-11/h1-5,8-9,14-15,24H,6-7,10H2,(H,22,25)/t14-,15+/m0/s1. The van der Waals surface area contributed by atoms with Crippen molar-refractivity contribution in [1.29, 1.82) is 0 Å². The van der Waals surface area contributed by atoms with Gasteiger partial charge in [0.1, 0.15) is 23.2 Å². The summed E-state index contributed by atoms with van der Waals surface area (Å²) in [4.78, 5) is 24.4. The number of carbonyl (C=O) groups is 2. The van der Waals surface area contributed by atoms with Crippen molar-refractivity contribution in [3.63, 3.8) is 0 Å². The monoisotopic (exact) mass is 345 g/mol. The summed E-state index contributed by atoms with van der Waals surface area (Å²) in [6.45, 7) is 0.0563. The molecular formula is C19H17F2NO3. The first-order chi connectivity index (χ1) is 12.0. The van der Waals surface area contributed by atoms with Crippen LogP contribution in [0.1, 0.15) is 23.5 Å². The number of benzene rings is 2. The van der Waals surface area contributed by atoms with Gasteiger partial charge in [-0.3, -0.25) is 9.59 Å². The van der Waals surface area contributed by atoms with Crippen LogP contribution in [0.25, 0.3) is 0 Å². The number of phenols is 1. The van der Waals surface area contributed by atoms with E-state index in [1.807, 2.05) is 30.3 Å². The Labute approximate surface area is 143 Å². The van der Waals surface area contributed by atoms with E-state index in [4.69, 9.17) is 0 Å². The van der Waals surface area contributed by atoms with Crippen LogP contribution in [-0.4, -0.2) is 23.3 Å². The largest absolute Gasteiger partial charge is 0.508 e. The van der Waals surface area contributed by atoms with Crippen LogP contribution >= 0.6 is 0 Å². The average Bonchev–Trinajstić information content (AvgIpc) is 2.88. The third kappa shape index (κ3) is 3.68. The quantitative estimate of drug-likeness (QED) is 0.876. The number of aromatic hydroxyl groups is 1. The first-order valence-corrected chi connectivity index (χ1v) is 7.97. The van der Waals surface area contributed by atoms with Crippen LogP contribution in [0.15, 0.2) is 42.5 Å². The maximum Gasteiger partial charge on any atom is 0.224 e. The molecule has 1 saturated heterocycles. The number of rotatable bonds is 5. The van der Waals surface area contributed by atoms with E-state index in [9.17, 15) is 23.5 Å². The maximum atomic E-state index is 14.1. The zero-order valence-electron chi connectivity index (χ0n) is 13.3. The van der Waals surface area contributed by atoms with Gasteiger partial charge in [0.25, 0.3) is 0 Å². The van der Waals surface area contributed by atoms with Gasteiger partial charge in [0.15, 0.2) is 0 Å². The van der Waals surface area contributed by atoms with E-state index in [-0.39, 0.29) is 30.7 Å². The number of hydrogen-bond donors (Lipinski definition) is 2. The topological polar surface area (TPSA) is 66.4 Å². The van der Waals surface area contributed by atoms with Gasteiger partial charge in [-0.1, -0.05) is 30.3 Å². The molecule has 0 bridgehead atoms. The van der Waals surface area contributed by atoms with Gasteiger partial charge in [-0.15, -0.1) is 0 Å². The van der Waals surface area contributed by atoms with Crippen molar-refractivity contribution in [1.82, 2.24) is 5.32 Å². The Morgan fingerprint density at radius 3 is 2.44 bits per heavy atom. The van der Waals surface area contributed by atoms with Gasteiger partial charge in [-0.25, -0.2) is 8.78 Å². The van der Waals surface area contributed by atoms with Crippen LogP contribution in [0.5, 0.6) is 5.75 Å². The molecule has 2 N–H and O–H groups in total. The van der Waals surface area contributed by atoms with E-state index in [1.165, 1.54) is 0 Å². The molecule has 6 heteroatoms. The van der Waals surface area contributed by atoms with Crippen molar-refractivity contribution >= 4 is 11.7 Å². The van der Waals surface area contributed by atoms with Gasteiger partial charge < -0.3 is 10.4 Å². The second kappa shape index (κ2) is 7.01. The first-order valence-electron chi connectivity index (χ1n) is 7.97. The van der Waals surface area contributed by atoms with E-state index in [1.54, 1.807) is 0 Å². The molecule has 2 aromatic carbocycles. The molecule has 2 aromatic rings. The second-order valence-corrected chi connectivity index (χ2v) is 6.19. The number of hydrogen-bond acceptors (Lipinski definition) is 3. The molecule has 130 valence electrons. The molecule has 4 nitrogen and oxygen atoms in total. The SMILES string of the molecule is O=C(Cc1ccccc1)C[C@@H]1C(=O)NC[C@H]1c1c(F)cc(O)cc1F. The highest BCUT2D eigenvalue weighted by Crippen LogP contribution is 2.36. The van der Waals surface area contributed by atoms with Crippen LogP contribution in [0, 0.1) is 17.6 Å². The molecule has 0 saturated carbocycles. The number of amides is 1. The summed E-state index contributed by atoms with van der Waals surface area (Å²) in [5, 5.41) is 11.8. The minimum Gasteiger partial charge on any atom is -0.508 e. The normalized spacial score (nSPS) is 19.7. The number of Topliss-reactive ketones (excluding diaryl/α,β-unsaturated/α-hetero) is 1. The predicted octanol–water partition coefficient (Wildman–Crippen LogP) is 2.70. The highest BCUT2D eigenvalue weighted by atomic mass is 19.1. The van der Waals surface area contributed by atoms with Crippen LogP contribution in [0.4, 0.5) is 8.78 Å². The van der Waals surface area contributed by atoms with Crippen molar-refractivity contribution in [2.75, 3.05) is 6.54 Å². The molecule has 3 rings (SSSR count). The fourth-order valence-electron chi connectivity index (χ4n) is 3.27. The molecule has 2 atom stereocenters. The summed E-state index contributed by atoms with van der Waals surface area (Å²) in [5.41, 5.74) is 0.554. The molecule has 0 radical (unpaired) electrons. The van der Waals surface area contributed by atoms with Gasteiger partial charge in [-0.2, -0.15) is 0 Å². The van der Waals surface area contributed by atoms with E-state index < -0.39 is 35.1 Å². The third-order valence-corrected chi connectivity index (χ3v) is 4.44. The summed E-state index contributed by atoms with van der Waals surface area (Å²) in [5.74, 6) is -4.53. The molecule has 1 aliphatic rings. The molecule has 25 heavy (non-hydrogen) atoms. The van der Waals surface area contributed by atoms with E-state index >= 15 is 0 Å². The number of carbonyl (C=O) groups excluding carboxylic acids is 2. The van der Waals surface area contributed by atoms with Crippen LogP contribution < -0.4 is 5.32 Å². The Morgan fingerprint density at radius 2 is 1.80 bits per heavy atom. The van der Waals surface area contributed by atoms with E-state index in [0.717, 1.165) is 17.7 Å². The van der Waals surface area contributed by atoms with Crippen LogP contribution in [0.2, 0.25) is 0 Å². The lowest BCUT2D eigenvalue weighted by Gasteiger charge is -2.18. The first kappa shape index (κ1) is 17.1. The van der Waals surface area contributed by atoms with E-state index in [2.05, 4.69) is 5.32 Å². The number of halogens is 2. The lowest BCUT2D eigenvalue weighted by atomic mass is 9.84. The Balaban J connectivity index is 1.80. The highest BCUT2D eigenvalue weighted by Gasteiger charge is 2.39. The maximum absolute atomic E-state index is 14.1. The number of nitrogens with one attached hydrogen (secondary N) is 1. The molecule has 1 heterocycles. The van der Waals surface area contributed by atoms with Crippen LogP contribution in [-0.2, 0) is 16.0 Å². The van der Waals surface area contributed by atoms with Crippen molar-refractivity contribution < 1.29 is 23.5 Å². The molecule has 1 fully saturated rings. The predicted molar refractivity (Wildman–Crippen MR) is 87.0 cm³/mol. The summed E-state index contributed by atoms with van der Waals surface area (Å²) >= 11 is 0. The highest BCUT2D eigenvalue weighted by molar-refractivity contribution is 5.90. The van der Waals surface area contributed by atoms with Crippen molar-refractivity contribution in [2.45, 2.75) is 18.8 Å². The molecule has 1 aliphatic heterocycles. The van der Waals surface area contributed by atoms with Crippen molar-refractivity contribution in [3.05, 3.63) is 65.2 Å². The summed E-state index contributed by atoms with van der Waals surface area (Å²) < 4.78 is 28.2. The molecule has 0 aliphatic carbocycles. The average molecular weight is 345 g/mol. The molecule has 0 spiro atoms. The Bertz CT molecular complexity index is 785. The number of ketones is 1. The molecule has 0 unspecified atom stereocenters. The number of phenolic OH excluding ortho intramolecular Hbond substituents is 1. The van der Waals surface area contributed by atoms with Gasteiger partial charge in [0.05, 0.1) is 5.92 Å². The fourth-order valence-corrected chi connectivity index (χ4v) is 3.27. The summed E-state index contributed by atoms with van der Waals surface area (Å²) in [6.07, 6.45) is 0.0725. The van der Waals surface area contributed by atoms with Gasteiger partial charge in [0, 0.05) is 43.0 Å². The van der Waals surface area contributed by atoms with Gasteiger partial charge in [0.2, 0.25) is 5.91 Å². The molecule has 1 amide bonds. The van der Waals surface area contributed by atoms with E-state index in [0.29, 0.717) is 0 Å². The van der Waals surface area contributed by atoms with Crippen molar-refractivity contribution in [3.8, 4) is 5.75 Å². The second-order valence-electron chi connectivity index (χ2n) is 6.19. The van der Waals surface area contributed by atoms with Crippen molar-refractivity contribution in [2.24, 2.45) is 5.92 Å². The molecule has 0 aromatic heterocycles. The zero-order chi connectivity index (χ0) is 18.0. The summed E-state index contributed by atoms with van der Waals surface area (Å²) in [6, 6.07) is 10.7. The minimum atomic E-state index is -0.917. The van der Waals surface area contributed by atoms with Crippen LogP contribution in [0.3, 0.4) is 0 Å². The Hall–Kier alpha value is -2.76. The summed E-state index contributed by atoms with van der Waals surface area (Å²) in [7, 11) is 0. The third-order valence-electron chi connectivity index (χ3n) is 4.44. The molecular weight excluding hydrogens is 328 g/mol. The smallest absolute Gasteiger partial charge is 0.224 e. The Morgan fingerprint density at radius 1 is 1.16 bits per heavy atom. The lowest BCUT2D eigenvalue weighted by molar-refractivity contribution is -0.127. The van der Waals surface area contributed by atoms with Gasteiger partial charge in [-0.05, 0) is 5.56 Å². The fraction of sp³-hybridized carbons (Fsp3) is 0.263. The zero-order valence-corrected chi connectivity index (χ0v) is 13.3. The minimum absolute atomic E-state index is 0.0563. The lowest BCUT2D eigenvalue weighted by Crippen LogP contribution is -2.23. The Kier molecular flexibility index (Phi) is 4.79.